The molecule has 1 unspecified atom stereocenters. The summed E-state index contributed by atoms with van der Waals surface area (Å²) in [4.78, 5) is 27.8. The summed E-state index contributed by atoms with van der Waals surface area (Å²) in [5, 5.41) is 4.75. The van der Waals surface area contributed by atoms with Crippen LogP contribution in [0.15, 0.2) is 66.0 Å². The van der Waals surface area contributed by atoms with Crippen molar-refractivity contribution in [2.45, 2.75) is 32.0 Å². The van der Waals surface area contributed by atoms with Crippen LogP contribution < -0.4 is 5.32 Å². The minimum atomic E-state index is -0.319. The monoisotopic (exact) mass is 452 g/mol. The second kappa shape index (κ2) is 10.5. The van der Waals surface area contributed by atoms with E-state index in [-0.39, 0.29) is 23.7 Å². The van der Waals surface area contributed by atoms with Crippen molar-refractivity contribution in [1.82, 2.24) is 10.2 Å². The van der Waals surface area contributed by atoms with Gasteiger partial charge >= 0.3 is 0 Å². The van der Waals surface area contributed by atoms with Gasteiger partial charge in [0, 0.05) is 31.8 Å². The molecule has 7 heteroatoms. The lowest BCUT2D eigenvalue weighted by Gasteiger charge is -2.26. The summed E-state index contributed by atoms with van der Waals surface area (Å²) in [6, 6.07) is 17.2. The Balaban J connectivity index is 1.42. The molecule has 2 aromatic carbocycles. The topological polar surface area (TPSA) is 58.6 Å². The average molecular weight is 453 g/mol. The smallest absolute Gasteiger partial charge is 0.261 e. The van der Waals surface area contributed by atoms with Gasteiger partial charge in [0.25, 0.3) is 11.8 Å². The molecule has 2 heterocycles. The van der Waals surface area contributed by atoms with Crippen molar-refractivity contribution in [1.29, 1.82) is 0 Å². The molecule has 1 saturated heterocycles. The van der Waals surface area contributed by atoms with E-state index in [0.29, 0.717) is 36.7 Å². The summed E-state index contributed by atoms with van der Waals surface area (Å²) >= 11 is 1.39. The zero-order chi connectivity index (χ0) is 22.3. The van der Waals surface area contributed by atoms with E-state index in [1.807, 2.05) is 29.6 Å². The van der Waals surface area contributed by atoms with Crippen LogP contribution in [0, 0.1) is 5.82 Å². The Morgan fingerprint density at radius 3 is 2.62 bits per heavy atom. The number of hydrogen-bond donors (Lipinski definition) is 1. The van der Waals surface area contributed by atoms with Crippen LogP contribution in [0.2, 0.25) is 0 Å². The summed E-state index contributed by atoms with van der Waals surface area (Å²) in [6.45, 7) is 1.87. The number of hydrogen-bond acceptors (Lipinski definition) is 4. The highest BCUT2D eigenvalue weighted by Gasteiger charge is 2.24. The minimum absolute atomic E-state index is 0.000698. The van der Waals surface area contributed by atoms with Gasteiger partial charge < -0.3 is 15.0 Å². The summed E-state index contributed by atoms with van der Waals surface area (Å²) in [5.74, 6) is -0.558. The lowest BCUT2D eigenvalue weighted by atomic mass is 10.1. The van der Waals surface area contributed by atoms with E-state index < -0.39 is 0 Å². The third-order valence-electron chi connectivity index (χ3n) is 5.40. The number of carbonyl (C=O) groups excluding carboxylic acids is 2. The van der Waals surface area contributed by atoms with Gasteiger partial charge in [-0.15, -0.1) is 11.3 Å². The van der Waals surface area contributed by atoms with Crippen molar-refractivity contribution in [3.05, 3.63) is 93.4 Å². The molecule has 4 rings (SSSR count). The third kappa shape index (κ3) is 5.81. The van der Waals surface area contributed by atoms with Crippen LogP contribution in [-0.2, 0) is 17.8 Å². The molecular formula is C25H25FN2O3S. The molecule has 0 radical (unpaired) electrons. The number of benzene rings is 2. The molecule has 1 N–H and O–H groups in total. The Bertz CT molecular complexity index is 1050. The fourth-order valence-corrected chi connectivity index (χ4v) is 4.37. The van der Waals surface area contributed by atoms with Crippen molar-refractivity contribution < 1.29 is 18.7 Å². The number of nitrogens with zero attached hydrogens (tertiary/aromatic N) is 1. The van der Waals surface area contributed by atoms with Crippen molar-refractivity contribution in [3.63, 3.8) is 0 Å². The predicted octanol–water partition coefficient (Wildman–Crippen LogP) is 4.64. The van der Waals surface area contributed by atoms with E-state index in [0.717, 1.165) is 24.0 Å². The molecule has 2 amide bonds. The highest BCUT2D eigenvalue weighted by atomic mass is 32.1. The molecule has 32 heavy (non-hydrogen) atoms. The molecule has 166 valence electrons. The SMILES string of the molecule is O=C(NCc1ccc(C(=O)N(Cc2cccc(F)c2)CC2CCCO2)cc1)c1cccs1. The molecule has 0 bridgehead atoms. The molecule has 0 aliphatic carbocycles. The molecule has 5 nitrogen and oxygen atoms in total. The molecule has 3 aromatic rings. The number of ether oxygens (including phenoxy) is 1. The Morgan fingerprint density at radius 2 is 1.94 bits per heavy atom. The number of amides is 2. The van der Waals surface area contributed by atoms with Gasteiger partial charge in [-0.25, -0.2) is 4.39 Å². The third-order valence-corrected chi connectivity index (χ3v) is 6.27. The van der Waals surface area contributed by atoms with Crippen LogP contribution in [0.25, 0.3) is 0 Å². The number of rotatable bonds is 8. The van der Waals surface area contributed by atoms with Crippen LogP contribution in [0.5, 0.6) is 0 Å². The van der Waals surface area contributed by atoms with Crippen molar-refractivity contribution in [2.24, 2.45) is 0 Å². The largest absolute Gasteiger partial charge is 0.376 e. The molecule has 1 aliphatic heterocycles. The highest BCUT2D eigenvalue weighted by Crippen LogP contribution is 2.18. The number of halogens is 1. The summed E-state index contributed by atoms with van der Waals surface area (Å²) < 4.78 is 19.4. The number of nitrogens with one attached hydrogen (secondary N) is 1. The van der Waals surface area contributed by atoms with Crippen molar-refractivity contribution in [3.8, 4) is 0 Å². The Labute approximate surface area is 190 Å². The first-order chi connectivity index (χ1) is 15.6. The number of carbonyl (C=O) groups is 2. The lowest BCUT2D eigenvalue weighted by Crippen LogP contribution is -2.37. The molecule has 0 spiro atoms. The maximum Gasteiger partial charge on any atom is 0.261 e. The second-order valence-electron chi connectivity index (χ2n) is 7.81. The van der Waals surface area contributed by atoms with E-state index in [1.165, 1.54) is 23.5 Å². The van der Waals surface area contributed by atoms with Crippen molar-refractivity contribution >= 4 is 23.2 Å². The van der Waals surface area contributed by atoms with Crippen molar-refractivity contribution in [2.75, 3.05) is 13.2 Å². The summed E-state index contributed by atoms with van der Waals surface area (Å²) in [7, 11) is 0. The highest BCUT2D eigenvalue weighted by molar-refractivity contribution is 7.12. The normalized spacial score (nSPS) is 15.5. The van der Waals surface area contributed by atoms with Gasteiger partial charge in [0.05, 0.1) is 11.0 Å². The maximum absolute atomic E-state index is 13.7. The molecular weight excluding hydrogens is 427 g/mol. The molecule has 1 atom stereocenters. The first-order valence-corrected chi connectivity index (χ1v) is 11.5. The zero-order valence-corrected chi connectivity index (χ0v) is 18.4. The standard InChI is InChI=1S/C25H25FN2O3S/c26-21-5-1-4-19(14-21)16-28(17-22-6-2-12-31-22)25(30)20-10-8-18(9-11-20)15-27-24(29)23-7-3-13-32-23/h1,3-5,7-11,13-14,22H,2,6,12,15-17H2,(H,27,29). The van der Waals surface area contributed by atoms with E-state index in [2.05, 4.69) is 5.32 Å². The van der Waals surface area contributed by atoms with Gasteiger partial charge in [0.15, 0.2) is 0 Å². The maximum atomic E-state index is 13.7. The van der Waals surface area contributed by atoms with E-state index >= 15 is 0 Å². The van der Waals surface area contributed by atoms with Crippen LogP contribution >= 0.6 is 11.3 Å². The zero-order valence-electron chi connectivity index (χ0n) is 17.6. The first kappa shape index (κ1) is 22.2. The summed E-state index contributed by atoms with van der Waals surface area (Å²) in [6.07, 6.45) is 1.90. The second-order valence-corrected chi connectivity index (χ2v) is 8.76. The molecule has 1 fully saturated rings. The Hall–Kier alpha value is -3.03. The van der Waals surface area contributed by atoms with Crippen LogP contribution in [0.3, 0.4) is 0 Å². The lowest BCUT2D eigenvalue weighted by molar-refractivity contribution is 0.0507. The molecule has 1 aromatic heterocycles. The van der Waals surface area contributed by atoms with Crippen LogP contribution in [0.4, 0.5) is 4.39 Å². The fraction of sp³-hybridized carbons (Fsp3) is 0.280. The predicted molar refractivity (Wildman–Crippen MR) is 122 cm³/mol. The van der Waals surface area contributed by atoms with Gasteiger partial charge in [-0.2, -0.15) is 0 Å². The number of thiophene rings is 1. The van der Waals surface area contributed by atoms with Gasteiger partial charge in [-0.1, -0.05) is 30.3 Å². The van der Waals surface area contributed by atoms with E-state index in [9.17, 15) is 14.0 Å². The Kier molecular flexibility index (Phi) is 7.29. The van der Waals surface area contributed by atoms with Gasteiger partial charge in [0.2, 0.25) is 0 Å². The van der Waals surface area contributed by atoms with Crippen LogP contribution in [0.1, 0.15) is 44.0 Å². The first-order valence-electron chi connectivity index (χ1n) is 10.6. The minimum Gasteiger partial charge on any atom is -0.376 e. The van der Waals surface area contributed by atoms with Gasteiger partial charge in [-0.05, 0) is 59.7 Å². The van der Waals surface area contributed by atoms with E-state index in [4.69, 9.17) is 4.74 Å². The quantitative estimate of drug-likeness (QED) is 0.542. The van der Waals surface area contributed by atoms with Gasteiger partial charge in [0.1, 0.15) is 5.82 Å². The van der Waals surface area contributed by atoms with Crippen LogP contribution in [-0.4, -0.2) is 36.0 Å². The molecule has 0 saturated carbocycles. The average Bonchev–Trinajstić information content (AvgIpc) is 3.51. The van der Waals surface area contributed by atoms with E-state index in [1.54, 1.807) is 29.2 Å². The fourth-order valence-electron chi connectivity index (χ4n) is 3.73. The van der Waals surface area contributed by atoms with Gasteiger partial charge in [-0.3, -0.25) is 9.59 Å². The molecule has 1 aliphatic rings. The summed E-state index contributed by atoms with van der Waals surface area (Å²) in [5.41, 5.74) is 2.19. The Morgan fingerprint density at radius 1 is 1.09 bits per heavy atom.